The third-order valence-electron chi connectivity index (χ3n) is 5.42. The molecule has 34 heavy (non-hydrogen) atoms. The van der Waals surface area contributed by atoms with Crippen molar-refractivity contribution in [3.63, 3.8) is 0 Å². The largest absolute Gasteiger partial charge is 0.493 e. The van der Waals surface area contributed by atoms with E-state index in [2.05, 4.69) is 36.5 Å². The van der Waals surface area contributed by atoms with Gasteiger partial charge in [-0.15, -0.1) is 11.8 Å². The number of aryl methyl sites for hydroxylation is 1. The Kier molecular flexibility index (Phi) is 7.65. The molecule has 2 N–H and O–H groups in total. The summed E-state index contributed by atoms with van der Waals surface area (Å²) < 4.78 is 11.5. The molecular weight excluding hydrogens is 474 g/mol. The average molecular weight is 498 g/mol. The van der Waals surface area contributed by atoms with Crippen molar-refractivity contribution >= 4 is 35.2 Å². The SMILES string of the molecule is Cc1ccc(SCCNC(=O)c2ccc(Oc3cc4c(cc3Cl)C(C(=O)O)CCO4)cc2)cc1. The molecule has 1 unspecified atom stereocenters. The number of carbonyl (C=O) groups is 2. The van der Waals surface area contributed by atoms with E-state index in [1.54, 1.807) is 48.2 Å². The first kappa shape index (κ1) is 24.0. The van der Waals surface area contributed by atoms with E-state index in [1.165, 1.54) is 10.5 Å². The Morgan fingerprint density at radius 1 is 1.15 bits per heavy atom. The van der Waals surface area contributed by atoms with Gasteiger partial charge in [-0.25, -0.2) is 0 Å². The zero-order chi connectivity index (χ0) is 24.1. The average Bonchev–Trinajstić information content (AvgIpc) is 2.83. The van der Waals surface area contributed by atoms with Gasteiger partial charge in [0.1, 0.15) is 17.2 Å². The van der Waals surface area contributed by atoms with E-state index < -0.39 is 11.9 Å². The van der Waals surface area contributed by atoms with Gasteiger partial charge in [-0.1, -0.05) is 29.3 Å². The molecule has 1 aliphatic rings. The second-order valence-corrected chi connectivity index (χ2v) is 9.47. The third kappa shape index (κ3) is 5.85. The van der Waals surface area contributed by atoms with Crippen LogP contribution < -0.4 is 14.8 Å². The summed E-state index contributed by atoms with van der Waals surface area (Å²) in [5, 5.41) is 12.6. The van der Waals surface area contributed by atoms with E-state index in [9.17, 15) is 14.7 Å². The van der Waals surface area contributed by atoms with E-state index in [1.807, 2.05) is 0 Å². The summed E-state index contributed by atoms with van der Waals surface area (Å²) in [5.74, 6) is 0.377. The van der Waals surface area contributed by atoms with Crippen molar-refractivity contribution in [3.8, 4) is 17.2 Å². The fourth-order valence-electron chi connectivity index (χ4n) is 3.60. The number of hydrogen-bond donors (Lipinski definition) is 2. The minimum absolute atomic E-state index is 0.156. The lowest BCUT2D eigenvalue weighted by atomic mass is 9.93. The number of halogens is 1. The molecular formula is C26H24ClNO5S. The molecule has 0 radical (unpaired) electrons. The van der Waals surface area contributed by atoms with Crippen LogP contribution in [0.15, 0.2) is 65.6 Å². The number of aliphatic carboxylic acids is 1. The van der Waals surface area contributed by atoms with Crippen molar-refractivity contribution in [2.45, 2.75) is 24.2 Å². The number of benzene rings is 3. The molecule has 6 nitrogen and oxygen atoms in total. The first-order valence-corrected chi connectivity index (χ1v) is 12.2. The molecule has 8 heteroatoms. The molecule has 3 aromatic carbocycles. The molecule has 1 aliphatic heterocycles. The van der Waals surface area contributed by atoms with Crippen LogP contribution in [0.5, 0.6) is 17.2 Å². The van der Waals surface area contributed by atoms with Crippen LogP contribution in [0.1, 0.15) is 33.8 Å². The highest BCUT2D eigenvalue weighted by Gasteiger charge is 2.29. The van der Waals surface area contributed by atoms with Crippen LogP contribution in [0.3, 0.4) is 0 Å². The summed E-state index contributed by atoms with van der Waals surface area (Å²) in [7, 11) is 0. The molecule has 0 fully saturated rings. The number of fused-ring (bicyclic) bond motifs is 1. The lowest BCUT2D eigenvalue weighted by Gasteiger charge is -2.24. The maximum Gasteiger partial charge on any atom is 0.311 e. The highest BCUT2D eigenvalue weighted by atomic mass is 35.5. The number of carbonyl (C=O) groups excluding carboxylic acids is 1. The van der Waals surface area contributed by atoms with Crippen LogP contribution >= 0.6 is 23.4 Å². The molecule has 3 aromatic rings. The van der Waals surface area contributed by atoms with Gasteiger partial charge in [0.25, 0.3) is 5.91 Å². The number of rotatable bonds is 8. The van der Waals surface area contributed by atoms with Crippen molar-refractivity contribution in [2.75, 3.05) is 18.9 Å². The Bertz CT molecular complexity index is 1180. The lowest BCUT2D eigenvalue weighted by molar-refractivity contribution is -0.139. The highest BCUT2D eigenvalue weighted by molar-refractivity contribution is 7.99. The molecule has 0 spiro atoms. The van der Waals surface area contributed by atoms with Crippen LogP contribution in [0, 0.1) is 6.92 Å². The Morgan fingerprint density at radius 3 is 2.59 bits per heavy atom. The Hall–Kier alpha value is -3.16. The molecule has 1 amide bonds. The van der Waals surface area contributed by atoms with E-state index in [-0.39, 0.29) is 5.91 Å². The van der Waals surface area contributed by atoms with Gasteiger partial charge in [0.05, 0.1) is 17.5 Å². The van der Waals surface area contributed by atoms with Crippen LogP contribution in [-0.2, 0) is 4.79 Å². The molecule has 1 heterocycles. The van der Waals surface area contributed by atoms with Gasteiger partial charge >= 0.3 is 5.97 Å². The van der Waals surface area contributed by atoms with Gasteiger partial charge in [-0.05, 0) is 55.8 Å². The first-order chi connectivity index (χ1) is 16.4. The number of ether oxygens (including phenoxy) is 2. The van der Waals surface area contributed by atoms with Crippen LogP contribution in [0.4, 0.5) is 0 Å². The topological polar surface area (TPSA) is 84.9 Å². The van der Waals surface area contributed by atoms with Gasteiger partial charge in [-0.2, -0.15) is 0 Å². The van der Waals surface area contributed by atoms with Crippen LogP contribution in [0.2, 0.25) is 5.02 Å². The molecule has 1 atom stereocenters. The van der Waals surface area contributed by atoms with E-state index in [4.69, 9.17) is 21.1 Å². The summed E-state index contributed by atoms with van der Waals surface area (Å²) in [4.78, 5) is 25.1. The molecule has 0 bridgehead atoms. The van der Waals surface area contributed by atoms with Gasteiger partial charge in [0.15, 0.2) is 0 Å². The van der Waals surface area contributed by atoms with E-state index in [0.717, 1.165) is 5.75 Å². The summed E-state index contributed by atoms with van der Waals surface area (Å²) in [6, 6.07) is 18.2. The van der Waals surface area contributed by atoms with Crippen LogP contribution in [0.25, 0.3) is 0 Å². The summed E-state index contributed by atoms with van der Waals surface area (Å²) >= 11 is 8.04. The predicted molar refractivity (Wildman–Crippen MR) is 133 cm³/mol. The fraction of sp³-hybridized carbons (Fsp3) is 0.231. The highest BCUT2D eigenvalue weighted by Crippen LogP contribution is 2.41. The molecule has 0 aliphatic carbocycles. The smallest absolute Gasteiger partial charge is 0.311 e. The minimum atomic E-state index is -0.906. The van der Waals surface area contributed by atoms with Gasteiger partial charge in [0, 0.05) is 34.4 Å². The number of nitrogens with one attached hydrogen (secondary N) is 1. The predicted octanol–water partition coefficient (Wildman–Crippen LogP) is 5.91. The molecule has 176 valence electrons. The van der Waals surface area contributed by atoms with Crippen molar-refractivity contribution in [1.82, 2.24) is 5.32 Å². The standard InChI is InChI=1S/C26H24ClNO5S/c1-16-2-8-19(9-3-16)34-13-11-28-25(29)17-4-6-18(7-5-17)33-24-15-23-21(14-22(24)27)20(26(30)31)10-12-32-23/h2-9,14-15,20H,10-13H2,1H3,(H,28,29)(H,30,31). The first-order valence-electron chi connectivity index (χ1n) is 10.9. The number of amides is 1. The minimum Gasteiger partial charge on any atom is -0.493 e. The third-order valence-corrected chi connectivity index (χ3v) is 6.73. The summed E-state index contributed by atoms with van der Waals surface area (Å²) in [5.41, 5.74) is 2.29. The van der Waals surface area contributed by atoms with E-state index >= 15 is 0 Å². The number of thioether (sulfide) groups is 1. The monoisotopic (exact) mass is 497 g/mol. The molecule has 0 aromatic heterocycles. The van der Waals surface area contributed by atoms with E-state index in [0.29, 0.717) is 53.0 Å². The number of carboxylic acid groups (broad SMARTS) is 1. The summed E-state index contributed by atoms with van der Waals surface area (Å²) in [6.45, 7) is 2.92. The Morgan fingerprint density at radius 2 is 1.88 bits per heavy atom. The van der Waals surface area contributed by atoms with Crippen molar-refractivity contribution in [2.24, 2.45) is 0 Å². The maximum atomic E-state index is 12.4. The maximum absolute atomic E-state index is 12.4. The second kappa shape index (κ2) is 10.8. The zero-order valence-electron chi connectivity index (χ0n) is 18.5. The van der Waals surface area contributed by atoms with Crippen molar-refractivity contribution in [3.05, 3.63) is 82.4 Å². The number of hydrogen-bond acceptors (Lipinski definition) is 5. The van der Waals surface area contributed by atoms with Gasteiger partial charge in [0.2, 0.25) is 0 Å². The lowest BCUT2D eigenvalue weighted by Crippen LogP contribution is -2.25. The fourth-order valence-corrected chi connectivity index (χ4v) is 4.57. The second-order valence-electron chi connectivity index (χ2n) is 7.89. The molecule has 0 saturated carbocycles. The molecule has 4 rings (SSSR count). The van der Waals surface area contributed by atoms with Gasteiger partial charge in [-0.3, -0.25) is 9.59 Å². The molecule has 0 saturated heterocycles. The Labute approximate surface area is 207 Å². The summed E-state index contributed by atoms with van der Waals surface area (Å²) in [6.07, 6.45) is 0.396. The zero-order valence-corrected chi connectivity index (χ0v) is 20.1. The van der Waals surface area contributed by atoms with Gasteiger partial charge < -0.3 is 19.9 Å². The number of carboxylic acids is 1. The van der Waals surface area contributed by atoms with Crippen molar-refractivity contribution in [1.29, 1.82) is 0 Å². The van der Waals surface area contributed by atoms with Crippen molar-refractivity contribution < 1.29 is 24.2 Å². The Balaban J connectivity index is 1.33. The quantitative estimate of drug-likeness (QED) is 0.297. The van der Waals surface area contributed by atoms with Crippen LogP contribution in [-0.4, -0.2) is 35.9 Å². The normalized spacial score (nSPS) is 14.6.